The Balaban J connectivity index is 1.28. The normalized spacial score (nSPS) is 19.4. The fourth-order valence-corrected chi connectivity index (χ4v) is 4.17. The standard InChI is InChI=1S/C22H25F3N2O2/c23-22(24,25)29-20-7-5-19(6-8-20)28-18-3-1-17(2-4-18)15-27-13-10-21(11-14-27)9-12-26-16-21/h1-8,26H,9-16H2. The lowest BCUT2D eigenvalue weighted by molar-refractivity contribution is -0.274. The molecule has 0 atom stereocenters. The maximum atomic E-state index is 12.2. The van der Waals surface area contributed by atoms with Crippen molar-refractivity contribution in [2.45, 2.75) is 32.2 Å². The molecule has 0 aromatic heterocycles. The van der Waals surface area contributed by atoms with Gasteiger partial charge in [-0.15, -0.1) is 13.2 Å². The van der Waals surface area contributed by atoms with Crippen LogP contribution in [0.3, 0.4) is 0 Å². The minimum atomic E-state index is -4.69. The van der Waals surface area contributed by atoms with Gasteiger partial charge in [-0.25, -0.2) is 0 Å². The molecule has 4 rings (SSSR count). The van der Waals surface area contributed by atoms with Crippen molar-refractivity contribution < 1.29 is 22.6 Å². The van der Waals surface area contributed by atoms with Crippen LogP contribution in [-0.2, 0) is 6.54 Å². The quantitative estimate of drug-likeness (QED) is 0.762. The Hall–Kier alpha value is -2.25. The van der Waals surface area contributed by atoms with E-state index in [4.69, 9.17) is 4.74 Å². The number of piperidine rings is 1. The first kappa shape index (κ1) is 20.0. The topological polar surface area (TPSA) is 33.7 Å². The van der Waals surface area contributed by atoms with Gasteiger partial charge in [0, 0.05) is 13.1 Å². The van der Waals surface area contributed by atoms with Crippen molar-refractivity contribution in [3.63, 3.8) is 0 Å². The molecule has 0 aliphatic carbocycles. The molecule has 1 spiro atoms. The predicted octanol–water partition coefficient (Wildman–Crippen LogP) is 4.95. The van der Waals surface area contributed by atoms with Crippen molar-refractivity contribution in [1.29, 1.82) is 0 Å². The number of nitrogens with one attached hydrogen (secondary N) is 1. The van der Waals surface area contributed by atoms with Gasteiger partial charge >= 0.3 is 6.36 Å². The van der Waals surface area contributed by atoms with E-state index in [1.807, 2.05) is 24.3 Å². The Morgan fingerprint density at radius 2 is 1.45 bits per heavy atom. The van der Waals surface area contributed by atoms with Gasteiger partial charge in [-0.2, -0.15) is 0 Å². The number of hydrogen-bond donors (Lipinski definition) is 1. The third kappa shape index (κ3) is 5.42. The summed E-state index contributed by atoms with van der Waals surface area (Å²) in [5.41, 5.74) is 1.75. The zero-order valence-electron chi connectivity index (χ0n) is 16.2. The first-order valence-electron chi connectivity index (χ1n) is 9.95. The molecule has 4 nitrogen and oxygen atoms in total. The molecule has 2 fully saturated rings. The minimum absolute atomic E-state index is 0.267. The van der Waals surface area contributed by atoms with E-state index in [9.17, 15) is 13.2 Å². The van der Waals surface area contributed by atoms with Crippen LogP contribution in [0, 0.1) is 5.41 Å². The first-order valence-corrected chi connectivity index (χ1v) is 9.95. The lowest BCUT2D eigenvalue weighted by Gasteiger charge is -2.38. The summed E-state index contributed by atoms with van der Waals surface area (Å²) in [5.74, 6) is 0.837. The summed E-state index contributed by atoms with van der Waals surface area (Å²) in [6.45, 7) is 5.50. The van der Waals surface area contributed by atoms with Crippen LogP contribution in [0.5, 0.6) is 17.2 Å². The second-order valence-corrected chi connectivity index (χ2v) is 7.97. The molecule has 1 N–H and O–H groups in total. The molecule has 2 saturated heterocycles. The van der Waals surface area contributed by atoms with Gasteiger partial charge in [-0.3, -0.25) is 4.90 Å². The van der Waals surface area contributed by atoms with Crippen molar-refractivity contribution in [1.82, 2.24) is 10.2 Å². The second kappa shape index (κ2) is 8.24. The van der Waals surface area contributed by atoms with E-state index in [-0.39, 0.29) is 5.75 Å². The molecule has 2 aliphatic rings. The van der Waals surface area contributed by atoms with Crippen LogP contribution in [0.25, 0.3) is 0 Å². The number of hydrogen-bond acceptors (Lipinski definition) is 4. The largest absolute Gasteiger partial charge is 0.573 e. The summed E-state index contributed by atoms with van der Waals surface area (Å²) in [4.78, 5) is 2.50. The SMILES string of the molecule is FC(F)(F)Oc1ccc(Oc2ccc(CN3CCC4(CCNC4)CC3)cc2)cc1. The van der Waals surface area contributed by atoms with E-state index < -0.39 is 6.36 Å². The third-order valence-electron chi connectivity index (χ3n) is 5.87. The highest BCUT2D eigenvalue weighted by molar-refractivity contribution is 5.36. The number of halogens is 3. The van der Waals surface area contributed by atoms with Crippen LogP contribution in [0.1, 0.15) is 24.8 Å². The van der Waals surface area contributed by atoms with E-state index in [0.29, 0.717) is 16.9 Å². The van der Waals surface area contributed by atoms with E-state index >= 15 is 0 Å². The lowest BCUT2D eigenvalue weighted by atomic mass is 9.78. The Kier molecular flexibility index (Phi) is 5.69. The highest BCUT2D eigenvalue weighted by atomic mass is 19.4. The van der Waals surface area contributed by atoms with Gasteiger partial charge < -0.3 is 14.8 Å². The summed E-state index contributed by atoms with van der Waals surface area (Å²) in [6.07, 6.45) is -0.873. The molecule has 0 amide bonds. The van der Waals surface area contributed by atoms with E-state index in [0.717, 1.165) is 32.7 Å². The zero-order chi connectivity index (χ0) is 20.3. The number of ether oxygens (including phenoxy) is 2. The summed E-state index contributed by atoms with van der Waals surface area (Å²) in [6, 6.07) is 13.2. The Morgan fingerprint density at radius 3 is 2.00 bits per heavy atom. The van der Waals surface area contributed by atoms with Crippen molar-refractivity contribution in [3.8, 4) is 17.2 Å². The average Bonchev–Trinajstić information content (AvgIpc) is 3.14. The van der Waals surface area contributed by atoms with Gasteiger partial charge in [0.25, 0.3) is 0 Å². The van der Waals surface area contributed by atoms with Crippen LogP contribution in [0.4, 0.5) is 13.2 Å². The maximum absolute atomic E-state index is 12.2. The molecular weight excluding hydrogens is 381 g/mol. The number of alkyl halides is 3. The zero-order valence-corrected chi connectivity index (χ0v) is 16.2. The number of nitrogens with zero attached hydrogens (tertiary/aromatic N) is 1. The molecule has 29 heavy (non-hydrogen) atoms. The first-order chi connectivity index (χ1) is 13.9. The van der Waals surface area contributed by atoms with Crippen molar-refractivity contribution >= 4 is 0 Å². The molecule has 2 aromatic carbocycles. The maximum Gasteiger partial charge on any atom is 0.573 e. The molecule has 0 radical (unpaired) electrons. The van der Waals surface area contributed by atoms with Crippen LogP contribution in [0.2, 0.25) is 0 Å². The highest BCUT2D eigenvalue weighted by Crippen LogP contribution is 2.37. The Morgan fingerprint density at radius 1 is 0.862 bits per heavy atom. The van der Waals surface area contributed by atoms with Crippen molar-refractivity contribution in [2.75, 3.05) is 26.2 Å². The predicted molar refractivity (Wildman–Crippen MR) is 104 cm³/mol. The number of likely N-dealkylation sites (tertiary alicyclic amines) is 1. The number of rotatable bonds is 5. The van der Waals surface area contributed by atoms with Gasteiger partial charge in [0.15, 0.2) is 0 Å². The Bertz CT molecular complexity index is 790. The lowest BCUT2D eigenvalue weighted by Crippen LogP contribution is -2.40. The summed E-state index contributed by atoms with van der Waals surface area (Å²) in [7, 11) is 0. The van der Waals surface area contributed by atoms with E-state index in [1.54, 1.807) is 0 Å². The molecule has 7 heteroatoms. The monoisotopic (exact) mass is 406 g/mol. The molecule has 0 saturated carbocycles. The molecule has 0 unspecified atom stereocenters. The van der Waals surface area contributed by atoms with Crippen LogP contribution < -0.4 is 14.8 Å². The molecule has 2 aliphatic heterocycles. The fraction of sp³-hybridized carbons (Fsp3) is 0.455. The summed E-state index contributed by atoms with van der Waals surface area (Å²) >= 11 is 0. The van der Waals surface area contributed by atoms with Crippen molar-refractivity contribution in [3.05, 3.63) is 54.1 Å². The molecule has 2 aromatic rings. The average molecular weight is 406 g/mol. The third-order valence-corrected chi connectivity index (χ3v) is 5.87. The summed E-state index contributed by atoms with van der Waals surface area (Å²) < 4.78 is 46.2. The van der Waals surface area contributed by atoms with Gasteiger partial charge in [0.05, 0.1) is 0 Å². The van der Waals surface area contributed by atoms with Gasteiger partial charge in [0.1, 0.15) is 17.2 Å². The molecule has 0 bridgehead atoms. The minimum Gasteiger partial charge on any atom is -0.457 e. The molecule has 156 valence electrons. The van der Waals surface area contributed by atoms with Gasteiger partial charge in [-0.05, 0) is 86.3 Å². The smallest absolute Gasteiger partial charge is 0.457 e. The van der Waals surface area contributed by atoms with E-state index in [1.165, 1.54) is 49.1 Å². The highest BCUT2D eigenvalue weighted by Gasteiger charge is 2.36. The van der Waals surface area contributed by atoms with Gasteiger partial charge in [0.2, 0.25) is 0 Å². The van der Waals surface area contributed by atoms with Gasteiger partial charge in [-0.1, -0.05) is 12.1 Å². The van der Waals surface area contributed by atoms with E-state index in [2.05, 4.69) is 15.0 Å². The van der Waals surface area contributed by atoms with Crippen LogP contribution >= 0.6 is 0 Å². The second-order valence-electron chi connectivity index (χ2n) is 7.97. The molecular formula is C22H25F3N2O2. The number of benzene rings is 2. The van der Waals surface area contributed by atoms with Crippen LogP contribution in [-0.4, -0.2) is 37.4 Å². The van der Waals surface area contributed by atoms with Crippen molar-refractivity contribution in [2.24, 2.45) is 5.41 Å². The van der Waals surface area contributed by atoms with Crippen LogP contribution in [0.15, 0.2) is 48.5 Å². The molecule has 2 heterocycles. The fourth-order valence-electron chi connectivity index (χ4n) is 4.17. The summed E-state index contributed by atoms with van der Waals surface area (Å²) in [5, 5.41) is 3.50. The Labute approximate surface area is 168 Å².